The van der Waals surface area contributed by atoms with Crippen LogP contribution in [-0.2, 0) is 19.0 Å². The van der Waals surface area contributed by atoms with Gasteiger partial charge < -0.3 is 14.2 Å². The zero-order valence-corrected chi connectivity index (χ0v) is 15.9. The second kappa shape index (κ2) is 5.30. The first-order chi connectivity index (χ1) is 12.8. The number of carbonyl (C=O) groups is 2. The number of ether oxygens (including phenoxy) is 3. The molecule has 2 aliphatic carbocycles. The van der Waals surface area contributed by atoms with Crippen molar-refractivity contribution in [1.82, 2.24) is 0 Å². The summed E-state index contributed by atoms with van der Waals surface area (Å²) in [7, 11) is 0. The fourth-order valence-electron chi connectivity index (χ4n) is 5.59. The molecule has 6 atom stereocenters. The number of benzene rings is 1. The van der Waals surface area contributed by atoms with Crippen LogP contribution in [-0.4, -0.2) is 42.3 Å². The lowest BCUT2D eigenvalue weighted by atomic mass is 9.52. The average Bonchev–Trinajstić information content (AvgIpc) is 3.41. The van der Waals surface area contributed by atoms with Crippen molar-refractivity contribution in [2.75, 3.05) is 6.61 Å². The largest absolute Gasteiger partial charge is 0.456 e. The Balaban J connectivity index is 1.50. The third kappa shape index (κ3) is 2.07. The first kappa shape index (κ1) is 17.1. The molecule has 0 unspecified atom stereocenters. The van der Waals surface area contributed by atoms with Crippen LogP contribution in [0.15, 0.2) is 42.0 Å². The number of epoxide rings is 1. The van der Waals surface area contributed by atoms with Gasteiger partial charge in [0.1, 0.15) is 17.8 Å². The number of Topliss-reactive ketones (excluding diaryl/α,β-unsaturated/α-hetero) is 1. The molecule has 0 aromatic heterocycles. The molecule has 1 saturated carbocycles. The smallest absolute Gasteiger partial charge is 0.338 e. The number of esters is 1. The standard InChI is InChI=1S/C22H24O5/c1-13-9-17-20(2,10-15(13)23)21(3)11-16(18(27-17)22(21)12-25-22)26-19(24)14-7-5-4-6-8-14/h4-9,16-18H,10-12H2,1-3H3/t16-,17-,18-,20+,21-,22+/m1/s1. The molecule has 0 radical (unpaired) electrons. The Kier molecular flexibility index (Phi) is 3.36. The highest BCUT2D eigenvalue weighted by molar-refractivity contribution is 5.96. The predicted octanol–water partition coefficient (Wildman–Crippen LogP) is 3.08. The second-order valence-electron chi connectivity index (χ2n) is 8.87. The molecule has 0 N–H and O–H groups in total. The van der Waals surface area contributed by atoms with Crippen molar-refractivity contribution in [2.45, 2.75) is 57.5 Å². The van der Waals surface area contributed by atoms with E-state index in [9.17, 15) is 9.59 Å². The highest BCUT2D eigenvalue weighted by Gasteiger charge is 2.81. The lowest BCUT2D eigenvalue weighted by molar-refractivity contribution is -0.197. The van der Waals surface area contributed by atoms with Gasteiger partial charge in [0.25, 0.3) is 0 Å². The zero-order valence-electron chi connectivity index (χ0n) is 15.9. The van der Waals surface area contributed by atoms with E-state index in [0.717, 1.165) is 5.57 Å². The minimum absolute atomic E-state index is 0.164. The summed E-state index contributed by atoms with van der Waals surface area (Å²) in [5.41, 5.74) is 0.168. The molecular formula is C22H24O5. The summed E-state index contributed by atoms with van der Waals surface area (Å²) in [6, 6.07) is 9.01. The van der Waals surface area contributed by atoms with Crippen LogP contribution in [0.5, 0.6) is 0 Å². The molecule has 27 heavy (non-hydrogen) atoms. The van der Waals surface area contributed by atoms with Crippen LogP contribution < -0.4 is 0 Å². The molecule has 2 heterocycles. The van der Waals surface area contributed by atoms with Gasteiger partial charge in [0, 0.05) is 17.3 Å². The maximum absolute atomic E-state index is 12.6. The van der Waals surface area contributed by atoms with E-state index in [-0.39, 0.29) is 40.9 Å². The van der Waals surface area contributed by atoms with Crippen molar-refractivity contribution < 1.29 is 23.8 Å². The van der Waals surface area contributed by atoms with E-state index >= 15 is 0 Å². The Bertz CT molecular complexity index is 855. The number of hydrogen-bond donors (Lipinski definition) is 0. The summed E-state index contributed by atoms with van der Waals surface area (Å²) in [4.78, 5) is 25.1. The maximum Gasteiger partial charge on any atom is 0.338 e. The lowest BCUT2D eigenvalue weighted by Gasteiger charge is -2.55. The summed E-state index contributed by atoms with van der Waals surface area (Å²) in [6.45, 7) is 6.74. The Hall–Kier alpha value is -1.98. The minimum atomic E-state index is -0.459. The van der Waals surface area contributed by atoms with E-state index in [1.807, 2.05) is 31.2 Å². The van der Waals surface area contributed by atoms with Crippen molar-refractivity contribution in [2.24, 2.45) is 10.8 Å². The molecule has 2 aliphatic heterocycles. The third-order valence-corrected chi connectivity index (χ3v) is 7.61. The first-order valence-electron chi connectivity index (χ1n) is 9.58. The number of ketones is 1. The number of fused-ring (bicyclic) bond motifs is 2. The van der Waals surface area contributed by atoms with Crippen LogP contribution in [0, 0.1) is 10.8 Å². The van der Waals surface area contributed by atoms with Crippen LogP contribution in [0.1, 0.15) is 44.0 Å². The van der Waals surface area contributed by atoms with Gasteiger partial charge in [0.2, 0.25) is 0 Å². The molecule has 5 nitrogen and oxygen atoms in total. The summed E-state index contributed by atoms with van der Waals surface area (Å²) < 4.78 is 18.3. The highest BCUT2D eigenvalue weighted by atomic mass is 16.7. The Morgan fingerprint density at radius 1 is 1.22 bits per heavy atom. The van der Waals surface area contributed by atoms with Gasteiger partial charge in [-0.05, 0) is 37.1 Å². The second-order valence-corrected chi connectivity index (χ2v) is 8.87. The van der Waals surface area contributed by atoms with E-state index < -0.39 is 5.60 Å². The van der Waals surface area contributed by atoms with Gasteiger partial charge in [0.15, 0.2) is 5.78 Å². The topological polar surface area (TPSA) is 65.1 Å². The molecule has 1 aromatic rings. The van der Waals surface area contributed by atoms with Crippen LogP contribution in [0.25, 0.3) is 0 Å². The Labute approximate surface area is 158 Å². The molecule has 1 spiro atoms. The Morgan fingerprint density at radius 2 is 1.93 bits per heavy atom. The van der Waals surface area contributed by atoms with E-state index in [1.54, 1.807) is 12.1 Å². The molecule has 142 valence electrons. The molecule has 0 amide bonds. The molecule has 2 saturated heterocycles. The monoisotopic (exact) mass is 368 g/mol. The van der Waals surface area contributed by atoms with Crippen molar-refractivity contribution in [3.05, 3.63) is 47.5 Å². The SMILES string of the molecule is CC1=C[C@H]2O[C@@H]3[C@H](OC(=O)c4ccccc4)C[C@](C)([C@@]2(C)CC1=O)[C@]31CO1. The third-order valence-electron chi connectivity index (χ3n) is 7.61. The molecule has 1 aromatic carbocycles. The lowest BCUT2D eigenvalue weighted by Crippen LogP contribution is -2.62. The van der Waals surface area contributed by atoms with Crippen molar-refractivity contribution in [1.29, 1.82) is 0 Å². The predicted molar refractivity (Wildman–Crippen MR) is 97.2 cm³/mol. The highest BCUT2D eigenvalue weighted by Crippen LogP contribution is 2.71. The first-order valence-corrected chi connectivity index (χ1v) is 9.58. The van der Waals surface area contributed by atoms with Crippen LogP contribution in [0.2, 0.25) is 0 Å². The van der Waals surface area contributed by atoms with Crippen molar-refractivity contribution in [3.8, 4) is 0 Å². The van der Waals surface area contributed by atoms with Crippen LogP contribution in [0.3, 0.4) is 0 Å². The van der Waals surface area contributed by atoms with E-state index in [1.165, 1.54) is 0 Å². The van der Waals surface area contributed by atoms with Crippen molar-refractivity contribution in [3.63, 3.8) is 0 Å². The van der Waals surface area contributed by atoms with Crippen LogP contribution in [0.4, 0.5) is 0 Å². The molecule has 3 fully saturated rings. The molecule has 2 bridgehead atoms. The average molecular weight is 368 g/mol. The summed E-state index contributed by atoms with van der Waals surface area (Å²) in [6.07, 6.45) is 2.19. The quantitative estimate of drug-likeness (QED) is 0.593. The molecule has 5 heteroatoms. The van der Waals surface area contributed by atoms with Gasteiger partial charge in [-0.2, -0.15) is 0 Å². The van der Waals surface area contributed by atoms with E-state index in [4.69, 9.17) is 14.2 Å². The molecular weight excluding hydrogens is 344 g/mol. The normalized spacial score (nSPS) is 44.6. The van der Waals surface area contributed by atoms with Gasteiger partial charge in [-0.1, -0.05) is 32.0 Å². The van der Waals surface area contributed by atoms with E-state index in [0.29, 0.717) is 25.0 Å². The summed E-state index contributed by atoms with van der Waals surface area (Å²) in [5.74, 6) is -0.176. The maximum atomic E-state index is 12.6. The zero-order chi connectivity index (χ0) is 19.0. The van der Waals surface area contributed by atoms with Gasteiger partial charge in [-0.3, -0.25) is 4.79 Å². The van der Waals surface area contributed by atoms with Gasteiger partial charge in [-0.15, -0.1) is 0 Å². The molecule has 5 rings (SSSR count). The summed E-state index contributed by atoms with van der Waals surface area (Å²) >= 11 is 0. The molecule has 4 aliphatic rings. The number of allylic oxidation sites excluding steroid dienone is 1. The number of rotatable bonds is 2. The van der Waals surface area contributed by atoms with E-state index in [2.05, 4.69) is 13.8 Å². The number of hydrogen-bond acceptors (Lipinski definition) is 5. The van der Waals surface area contributed by atoms with Gasteiger partial charge >= 0.3 is 5.97 Å². The fourth-order valence-corrected chi connectivity index (χ4v) is 5.59. The minimum Gasteiger partial charge on any atom is -0.456 e. The van der Waals surface area contributed by atoms with Crippen molar-refractivity contribution >= 4 is 11.8 Å². The van der Waals surface area contributed by atoms with Crippen LogP contribution >= 0.6 is 0 Å². The van der Waals surface area contributed by atoms with Gasteiger partial charge in [0.05, 0.1) is 18.3 Å². The number of carbonyl (C=O) groups excluding carboxylic acids is 2. The summed E-state index contributed by atoms with van der Waals surface area (Å²) in [5, 5.41) is 0. The van der Waals surface area contributed by atoms with Gasteiger partial charge in [-0.25, -0.2) is 4.79 Å². The Morgan fingerprint density at radius 3 is 2.59 bits per heavy atom. The fraction of sp³-hybridized carbons (Fsp3) is 0.545.